The Morgan fingerprint density at radius 1 is 0.506 bits per heavy atom. The summed E-state index contributed by atoms with van der Waals surface area (Å²) < 4.78 is 40.0. The number of anilines is 3. The summed E-state index contributed by atoms with van der Waals surface area (Å²) in [7, 11) is 0. The van der Waals surface area contributed by atoms with Crippen LogP contribution in [0.2, 0.25) is 0 Å². The van der Waals surface area contributed by atoms with Crippen molar-refractivity contribution in [2.75, 3.05) is 22.6 Å². The van der Waals surface area contributed by atoms with Crippen LogP contribution >= 0.6 is 0 Å². The van der Waals surface area contributed by atoms with E-state index >= 15 is 0 Å². The highest BCUT2D eigenvalue weighted by atomic mass is 16.7. The molecule has 3 aromatic carbocycles. The third kappa shape index (κ3) is 24.7. The minimum atomic E-state index is -1.50. The first-order valence-corrected chi connectivity index (χ1v) is 26.1. The topological polar surface area (TPSA) is 259 Å². The fourth-order valence-electron chi connectivity index (χ4n) is 7.31. The fourth-order valence-corrected chi connectivity index (χ4v) is 7.31. The second-order valence-corrected chi connectivity index (χ2v) is 25.7. The van der Waals surface area contributed by atoms with Gasteiger partial charge in [0.1, 0.15) is 42.0 Å². The van der Waals surface area contributed by atoms with E-state index in [1.165, 1.54) is 5.56 Å². The molecule has 2 aliphatic heterocycles. The van der Waals surface area contributed by atoms with Crippen molar-refractivity contribution in [2.45, 2.75) is 248 Å². The van der Waals surface area contributed by atoms with Gasteiger partial charge in [-0.15, -0.1) is 0 Å². The summed E-state index contributed by atoms with van der Waals surface area (Å²) in [5.41, 5.74) is 4.48. The predicted octanol–water partition coefficient (Wildman–Crippen LogP) is 9.00. The van der Waals surface area contributed by atoms with Crippen molar-refractivity contribution >= 4 is 23.0 Å². The minimum absolute atomic E-state index is 0. The molecule has 3 aromatic rings. The normalized spacial score (nSPS) is 24.2. The molecule has 0 spiro atoms. The summed E-state index contributed by atoms with van der Waals surface area (Å²) in [5.74, 6) is -1.23. The molecule has 0 bridgehead atoms. The van der Waals surface area contributed by atoms with Crippen molar-refractivity contribution in [1.82, 2.24) is 0 Å². The van der Waals surface area contributed by atoms with E-state index in [9.17, 15) is 40.5 Å². The maximum absolute atomic E-state index is 11.4. The van der Waals surface area contributed by atoms with E-state index < -0.39 is 73.8 Å². The highest BCUT2D eigenvalue weighted by molar-refractivity contribution is 5.73. The van der Waals surface area contributed by atoms with E-state index in [1.807, 2.05) is 107 Å². The van der Waals surface area contributed by atoms with Crippen LogP contribution in [0.1, 0.15) is 156 Å². The third-order valence-corrected chi connectivity index (χ3v) is 11.1. The van der Waals surface area contributed by atoms with E-state index in [0.29, 0.717) is 42.7 Å². The Hall–Kier alpha value is -4.31. The van der Waals surface area contributed by atoms with Crippen molar-refractivity contribution in [3.8, 4) is 11.5 Å². The molecule has 0 amide bonds. The second-order valence-electron chi connectivity index (χ2n) is 25.7. The van der Waals surface area contributed by atoms with Crippen LogP contribution in [0.3, 0.4) is 0 Å². The number of nitrogens with one attached hydrogen (secondary N) is 3. The predicted molar refractivity (Wildman–Crippen MR) is 302 cm³/mol. The Morgan fingerprint density at radius 2 is 0.883 bits per heavy atom. The first kappa shape index (κ1) is 68.8. The molecule has 10 atom stereocenters. The zero-order valence-corrected chi connectivity index (χ0v) is 48.8. The molecule has 440 valence electrons. The van der Waals surface area contributed by atoms with Gasteiger partial charge in [-0.05, 0) is 178 Å². The Balaban J connectivity index is 0.000000408. The summed E-state index contributed by atoms with van der Waals surface area (Å²) in [6.07, 6.45) is -11.9. The first-order valence-electron chi connectivity index (χ1n) is 26.1. The van der Waals surface area contributed by atoms with Crippen molar-refractivity contribution in [3.63, 3.8) is 0 Å². The van der Waals surface area contributed by atoms with Gasteiger partial charge in [0.05, 0.1) is 60.7 Å². The average molecular weight is 1090 g/mol. The van der Waals surface area contributed by atoms with Crippen LogP contribution < -0.4 is 25.4 Å². The monoisotopic (exact) mass is 1090 g/mol. The SMILES string of the molecule is C.CC(C)(C)Nc1cc(COC(C)(C)C)ccc1OC1OC(CO)C(O)C(O)C1O.CC(C)(C)Nc1ccc(COC(C)(C)C)cc1.CC1C(O)C(Oc2ccc(COC(C)(C)C)cc2NC(C)(C)C)OC(C(=O)O)C1O. The van der Waals surface area contributed by atoms with E-state index in [1.54, 1.807) is 19.1 Å². The second kappa shape index (κ2) is 28.2. The Bertz CT molecular complexity index is 2230. The molecule has 2 fully saturated rings. The third-order valence-electron chi connectivity index (χ3n) is 11.1. The van der Waals surface area contributed by atoms with Crippen LogP contribution in [-0.2, 0) is 48.3 Å². The van der Waals surface area contributed by atoms with Gasteiger partial charge in [0.2, 0.25) is 12.6 Å². The van der Waals surface area contributed by atoms with Crippen LogP contribution in [-0.4, -0.2) is 137 Å². The first-order chi connectivity index (χ1) is 34.6. The molecule has 2 aliphatic rings. The van der Waals surface area contributed by atoms with Gasteiger partial charge in [-0.3, -0.25) is 0 Å². The van der Waals surface area contributed by atoms with Gasteiger partial charge in [0, 0.05) is 28.2 Å². The lowest BCUT2D eigenvalue weighted by Gasteiger charge is -2.40. The number of aliphatic hydroxyl groups excluding tert-OH is 6. The number of carboxylic acids is 1. The van der Waals surface area contributed by atoms with E-state index in [0.717, 1.165) is 16.8 Å². The Labute approximate surface area is 460 Å². The van der Waals surface area contributed by atoms with Gasteiger partial charge in [-0.1, -0.05) is 38.6 Å². The molecule has 5 rings (SSSR count). The Kier molecular flexibility index (Phi) is 25.2. The molecular weight excluding hydrogens is 991 g/mol. The van der Waals surface area contributed by atoms with Gasteiger partial charge in [-0.2, -0.15) is 0 Å². The van der Waals surface area contributed by atoms with Gasteiger partial charge in [0.15, 0.2) is 6.10 Å². The highest BCUT2D eigenvalue weighted by Gasteiger charge is 2.47. The molecule has 2 heterocycles. The standard InChI is InChI=1S/C22H35NO7.C21H35NO7.C15H25NO.CH4/c1-12-16(24)18(19(26)27)30-20(17(12)25)29-15-9-8-13(11-28-22(5,6)7)10-14(15)23-21(2,3)4;1-20(2,3)22-13-9-12(11-27-21(4,5)6)7-8-14(13)28-19-18(26)17(25)16(24)15(10-23)29-19;1-14(2,3)16-13-9-7-12(8-10-13)11-17-15(4,5)6;/h8-10,12,16-18,20,23-25H,11H2,1-7H3,(H,26,27);7-9,15-19,22-26H,10-11H2,1-6H3;7-10,16H,11H2,1-6H3;1H4. The van der Waals surface area contributed by atoms with Gasteiger partial charge in [0.25, 0.3) is 0 Å². The van der Waals surface area contributed by atoms with Crippen molar-refractivity contribution in [1.29, 1.82) is 0 Å². The van der Waals surface area contributed by atoms with Gasteiger partial charge >= 0.3 is 5.97 Å². The number of carboxylic acid groups (broad SMARTS) is 1. The number of aliphatic hydroxyl groups is 6. The zero-order valence-electron chi connectivity index (χ0n) is 48.8. The summed E-state index contributed by atoms with van der Waals surface area (Å²) in [6, 6.07) is 19.4. The van der Waals surface area contributed by atoms with Crippen LogP contribution in [0.4, 0.5) is 17.1 Å². The summed E-state index contributed by atoms with van der Waals surface area (Å²) >= 11 is 0. The largest absolute Gasteiger partial charge is 0.479 e. The maximum Gasteiger partial charge on any atom is 0.335 e. The van der Waals surface area contributed by atoms with E-state index in [-0.39, 0.29) is 40.8 Å². The number of hydrogen-bond acceptors (Lipinski definition) is 17. The van der Waals surface area contributed by atoms with E-state index in [4.69, 9.17) is 33.2 Å². The zero-order chi connectivity index (χ0) is 57.9. The van der Waals surface area contributed by atoms with Crippen LogP contribution in [0, 0.1) is 5.92 Å². The molecule has 0 aromatic heterocycles. The quantitative estimate of drug-likeness (QED) is 0.0681. The Morgan fingerprint density at radius 3 is 1.25 bits per heavy atom. The minimum Gasteiger partial charge on any atom is -0.479 e. The molecule has 10 N–H and O–H groups in total. The van der Waals surface area contributed by atoms with Crippen molar-refractivity contribution in [2.24, 2.45) is 5.92 Å². The van der Waals surface area contributed by atoms with E-state index in [2.05, 4.69) is 81.8 Å². The lowest BCUT2D eigenvalue weighted by Crippen LogP contribution is -2.60. The summed E-state index contributed by atoms with van der Waals surface area (Å²) in [4.78, 5) is 11.4. The fraction of sp³-hybridized carbons (Fsp3) is 0.678. The summed E-state index contributed by atoms with van der Waals surface area (Å²) in [6.45, 7) is 39.1. The molecular formula is C59H99N3O15. The average Bonchev–Trinajstić information content (AvgIpc) is 3.27. The number of aliphatic carboxylic acids is 1. The lowest BCUT2D eigenvalue weighted by atomic mass is 9.90. The molecule has 18 nitrogen and oxygen atoms in total. The molecule has 0 radical (unpaired) electrons. The molecule has 10 unspecified atom stereocenters. The summed E-state index contributed by atoms with van der Waals surface area (Å²) in [5, 5.41) is 79.6. The number of ether oxygens (including phenoxy) is 7. The smallest absolute Gasteiger partial charge is 0.335 e. The molecule has 0 aliphatic carbocycles. The molecule has 77 heavy (non-hydrogen) atoms. The number of carbonyl (C=O) groups is 1. The number of hydrogen-bond donors (Lipinski definition) is 10. The highest BCUT2D eigenvalue weighted by Crippen LogP contribution is 2.36. The molecule has 0 saturated carbocycles. The van der Waals surface area contributed by atoms with Crippen molar-refractivity contribution in [3.05, 3.63) is 77.4 Å². The van der Waals surface area contributed by atoms with Crippen LogP contribution in [0.5, 0.6) is 11.5 Å². The van der Waals surface area contributed by atoms with Crippen molar-refractivity contribution < 1.29 is 73.7 Å². The molecule has 18 heteroatoms. The van der Waals surface area contributed by atoms with Gasteiger partial charge in [-0.25, -0.2) is 4.79 Å². The van der Waals surface area contributed by atoms with Crippen LogP contribution in [0.25, 0.3) is 0 Å². The maximum atomic E-state index is 11.4. The molecule has 2 saturated heterocycles. The number of benzene rings is 3. The van der Waals surface area contributed by atoms with Gasteiger partial charge < -0.3 is 84.9 Å². The lowest BCUT2D eigenvalue weighted by molar-refractivity contribution is -0.277. The van der Waals surface area contributed by atoms with Crippen LogP contribution in [0.15, 0.2) is 60.7 Å². The number of rotatable bonds is 15.